The fourth-order valence-electron chi connectivity index (χ4n) is 2.42. The number of nitrogens with one attached hydrogen (secondary N) is 1. The van der Waals surface area contributed by atoms with Gasteiger partial charge in [0.2, 0.25) is 5.91 Å². The van der Waals surface area contributed by atoms with E-state index in [0.717, 1.165) is 25.7 Å². The van der Waals surface area contributed by atoms with Gasteiger partial charge in [-0.15, -0.1) is 6.58 Å². The van der Waals surface area contributed by atoms with Gasteiger partial charge < -0.3 is 10.1 Å². The van der Waals surface area contributed by atoms with Crippen molar-refractivity contribution in [2.24, 2.45) is 0 Å². The minimum Gasteiger partial charge on any atom is -0.450 e. The lowest BCUT2D eigenvalue weighted by molar-refractivity contribution is -0.146. The SMILES string of the molecule is C=CCCCCCCCCC(=O)NC1=CC(C)(CC)OC1=O. The summed E-state index contributed by atoms with van der Waals surface area (Å²) >= 11 is 0. The van der Waals surface area contributed by atoms with Crippen molar-refractivity contribution in [1.82, 2.24) is 5.32 Å². The molecule has 0 fully saturated rings. The predicted octanol–water partition coefficient (Wildman–Crippen LogP) is 4.02. The summed E-state index contributed by atoms with van der Waals surface area (Å²) in [5.41, 5.74) is -0.288. The molecule has 1 aliphatic heterocycles. The van der Waals surface area contributed by atoms with Crippen LogP contribution in [0.15, 0.2) is 24.4 Å². The van der Waals surface area contributed by atoms with Crippen molar-refractivity contribution in [2.75, 3.05) is 0 Å². The van der Waals surface area contributed by atoms with Crippen LogP contribution in [0.5, 0.6) is 0 Å². The molecule has 1 N–H and O–H groups in total. The van der Waals surface area contributed by atoms with E-state index in [0.29, 0.717) is 18.5 Å². The van der Waals surface area contributed by atoms with Crippen molar-refractivity contribution in [3.63, 3.8) is 0 Å². The maximum atomic E-state index is 11.8. The highest BCUT2D eigenvalue weighted by Crippen LogP contribution is 2.26. The average Bonchev–Trinajstić information content (AvgIpc) is 2.77. The van der Waals surface area contributed by atoms with Gasteiger partial charge >= 0.3 is 5.97 Å². The van der Waals surface area contributed by atoms with Gasteiger partial charge in [-0.05, 0) is 38.7 Å². The Bertz CT molecular complexity index is 428. The second-order valence-corrected chi connectivity index (χ2v) is 6.11. The summed E-state index contributed by atoms with van der Waals surface area (Å²) in [5, 5.41) is 2.67. The topological polar surface area (TPSA) is 55.4 Å². The minimum absolute atomic E-state index is 0.102. The third-order valence-corrected chi connectivity index (χ3v) is 4.03. The number of unbranched alkanes of at least 4 members (excludes halogenated alkanes) is 6. The molecule has 1 heterocycles. The summed E-state index contributed by atoms with van der Waals surface area (Å²) in [6.07, 6.45) is 12.6. The number of allylic oxidation sites excluding steroid dienone is 1. The number of carbonyl (C=O) groups excluding carboxylic acids is 2. The molecule has 4 heteroatoms. The van der Waals surface area contributed by atoms with Crippen molar-refractivity contribution in [3.8, 4) is 0 Å². The molecule has 0 aromatic rings. The molecule has 1 aliphatic rings. The van der Waals surface area contributed by atoms with Crippen LogP contribution in [-0.2, 0) is 14.3 Å². The Morgan fingerprint density at radius 1 is 1.27 bits per heavy atom. The standard InChI is InChI=1S/C18H29NO3/c1-4-6-7-8-9-10-11-12-13-16(20)19-15-14-18(3,5-2)22-17(15)21/h4,14H,1,5-13H2,2-3H3,(H,19,20). The number of rotatable bonds is 11. The van der Waals surface area contributed by atoms with Crippen molar-refractivity contribution >= 4 is 11.9 Å². The summed E-state index contributed by atoms with van der Waals surface area (Å²) in [7, 11) is 0. The van der Waals surface area contributed by atoms with E-state index in [1.807, 2.05) is 19.9 Å². The second kappa shape index (κ2) is 9.44. The van der Waals surface area contributed by atoms with Crippen molar-refractivity contribution in [3.05, 3.63) is 24.4 Å². The lowest BCUT2D eigenvalue weighted by Crippen LogP contribution is -2.26. The van der Waals surface area contributed by atoms with Crippen molar-refractivity contribution in [2.45, 2.75) is 77.2 Å². The van der Waals surface area contributed by atoms with Crippen LogP contribution in [0.3, 0.4) is 0 Å². The van der Waals surface area contributed by atoms with Crippen LogP contribution in [0.2, 0.25) is 0 Å². The van der Waals surface area contributed by atoms with Crippen LogP contribution in [0, 0.1) is 0 Å². The van der Waals surface area contributed by atoms with Gasteiger partial charge in [0.1, 0.15) is 11.3 Å². The minimum atomic E-state index is -0.578. The van der Waals surface area contributed by atoms with Gasteiger partial charge in [0.15, 0.2) is 0 Å². The lowest BCUT2D eigenvalue weighted by Gasteiger charge is -2.17. The Morgan fingerprint density at radius 3 is 2.50 bits per heavy atom. The van der Waals surface area contributed by atoms with Crippen LogP contribution in [0.4, 0.5) is 0 Å². The van der Waals surface area contributed by atoms with E-state index in [2.05, 4.69) is 11.9 Å². The molecule has 1 rings (SSSR count). The van der Waals surface area contributed by atoms with E-state index in [1.54, 1.807) is 6.08 Å². The third kappa shape index (κ3) is 6.46. The summed E-state index contributed by atoms with van der Waals surface area (Å²) in [4.78, 5) is 23.5. The van der Waals surface area contributed by atoms with Gasteiger partial charge in [0.25, 0.3) is 0 Å². The molecule has 124 valence electrons. The van der Waals surface area contributed by atoms with E-state index in [-0.39, 0.29) is 5.91 Å². The third-order valence-electron chi connectivity index (χ3n) is 4.03. The van der Waals surface area contributed by atoms with E-state index in [9.17, 15) is 9.59 Å². The van der Waals surface area contributed by atoms with Crippen molar-refractivity contribution < 1.29 is 14.3 Å². The maximum Gasteiger partial charge on any atom is 0.355 e. The number of cyclic esters (lactones) is 1. The monoisotopic (exact) mass is 307 g/mol. The first-order chi connectivity index (χ1) is 10.5. The van der Waals surface area contributed by atoms with Crippen LogP contribution in [0.25, 0.3) is 0 Å². The Morgan fingerprint density at radius 2 is 1.91 bits per heavy atom. The van der Waals surface area contributed by atoms with Crippen LogP contribution < -0.4 is 5.32 Å². The number of carbonyl (C=O) groups is 2. The first-order valence-corrected chi connectivity index (χ1v) is 8.37. The first-order valence-electron chi connectivity index (χ1n) is 8.37. The molecule has 0 aromatic carbocycles. The quantitative estimate of drug-likeness (QED) is 0.356. The molecule has 0 aromatic heterocycles. The zero-order valence-corrected chi connectivity index (χ0v) is 14.0. The highest BCUT2D eigenvalue weighted by Gasteiger charge is 2.34. The number of hydrogen-bond acceptors (Lipinski definition) is 3. The summed E-state index contributed by atoms with van der Waals surface area (Å²) in [6.45, 7) is 7.50. The largest absolute Gasteiger partial charge is 0.450 e. The molecule has 0 saturated carbocycles. The Hall–Kier alpha value is -1.58. The molecule has 22 heavy (non-hydrogen) atoms. The van der Waals surface area contributed by atoms with E-state index < -0.39 is 11.6 Å². The fourth-order valence-corrected chi connectivity index (χ4v) is 2.42. The van der Waals surface area contributed by atoms with E-state index in [4.69, 9.17) is 4.74 Å². The van der Waals surface area contributed by atoms with E-state index >= 15 is 0 Å². The molecule has 1 amide bonds. The number of esters is 1. The zero-order chi connectivity index (χ0) is 16.4. The van der Waals surface area contributed by atoms with Crippen LogP contribution in [-0.4, -0.2) is 17.5 Å². The van der Waals surface area contributed by atoms with Gasteiger partial charge in [-0.2, -0.15) is 0 Å². The van der Waals surface area contributed by atoms with Gasteiger partial charge in [-0.3, -0.25) is 4.79 Å². The van der Waals surface area contributed by atoms with Crippen LogP contribution in [0.1, 0.15) is 71.6 Å². The first kappa shape index (κ1) is 18.5. The van der Waals surface area contributed by atoms with Gasteiger partial charge in [0.05, 0.1) is 0 Å². The molecule has 0 aliphatic carbocycles. The predicted molar refractivity (Wildman–Crippen MR) is 88.1 cm³/mol. The number of hydrogen-bond donors (Lipinski definition) is 1. The lowest BCUT2D eigenvalue weighted by atomic mass is 10.0. The Labute approximate surface area is 134 Å². The number of amides is 1. The molecule has 0 radical (unpaired) electrons. The molecule has 1 atom stereocenters. The number of ether oxygens (including phenoxy) is 1. The normalized spacial score (nSPS) is 20.5. The highest BCUT2D eigenvalue weighted by molar-refractivity contribution is 5.96. The summed E-state index contributed by atoms with van der Waals surface area (Å²) in [6, 6.07) is 0. The second-order valence-electron chi connectivity index (χ2n) is 6.11. The molecule has 0 saturated heterocycles. The molecule has 1 unspecified atom stereocenters. The van der Waals surface area contributed by atoms with Crippen molar-refractivity contribution in [1.29, 1.82) is 0 Å². The molecule has 0 spiro atoms. The van der Waals surface area contributed by atoms with E-state index in [1.165, 1.54) is 19.3 Å². The fraction of sp³-hybridized carbons (Fsp3) is 0.667. The molecule has 0 bridgehead atoms. The summed E-state index contributed by atoms with van der Waals surface area (Å²) in [5.74, 6) is -0.532. The molecular weight excluding hydrogens is 278 g/mol. The van der Waals surface area contributed by atoms with Gasteiger partial charge in [0, 0.05) is 6.42 Å². The summed E-state index contributed by atoms with van der Waals surface area (Å²) < 4.78 is 5.25. The van der Waals surface area contributed by atoms with Gasteiger partial charge in [-0.25, -0.2) is 4.79 Å². The smallest absolute Gasteiger partial charge is 0.355 e. The average molecular weight is 307 g/mol. The van der Waals surface area contributed by atoms with Gasteiger partial charge in [-0.1, -0.05) is 38.7 Å². The molecule has 4 nitrogen and oxygen atoms in total. The zero-order valence-electron chi connectivity index (χ0n) is 14.0. The maximum absolute atomic E-state index is 11.8. The highest BCUT2D eigenvalue weighted by atomic mass is 16.6. The van der Waals surface area contributed by atoms with Crippen LogP contribution >= 0.6 is 0 Å². The molecular formula is C18H29NO3. The Kier molecular flexibility index (Phi) is 7.92. The Balaban J connectivity index is 2.15.